The lowest BCUT2D eigenvalue weighted by molar-refractivity contribution is -0.126. The number of carbonyl (C=O) groups is 1. The van der Waals surface area contributed by atoms with E-state index in [2.05, 4.69) is 15.2 Å². The summed E-state index contributed by atoms with van der Waals surface area (Å²) in [4.78, 5) is 18.8. The molecule has 1 N–H and O–H groups in total. The van der Waals surface area contributed by atoms with Gasteiger partial charge in [-0.1, -0.05) is 18.2 Å². The molecule has 1 aromatic carbocycles. The van der Waals surface area contributed by atoms with E-state index in [-0.39, 0.29) is 29.1 Å². The van der Waals surface area contributed by atoms with Crippen molar-refractivity contribution in [3.05, 3.63) is 42.9 Å². The van der Waals surface area contributed by atoms with Crippen molar-refractivity contribution in [2.45, 2.75) is 42.5 Å². The van der Waals surface area contributed by atoms with Crippen LogP contribution in [0.1, 0.15) is 19.3 Å². The number of ether oxygens (including phenoxy) is 1. The predicted molar refractivity (Wildman–Crippen MR) is 115 cm³/mol. The Bertz CT molecular complexity index is 1000. The zero-order chi connectivity index (χ0) is 22.0. The number of rotatable bonds is 6. The van der Waals surface area contributed by atoms with Crippen molar-refractivity contribution >= 4 is 15.9 Å². The summed E-state index contributed by atoms with van der Waals surface area (Å²) >= 11 is 0. The number of sulfonamides is 1. The number of nitrogens with zero attached hydrogens (tertiary/aromatic N) is 4. The van der Waals surface area contributed by atoms with Gasteiger partial charge in [0.1, 0.15) is 11.9 Å². The Hall–Kier alpha value is -2.43. The van der Waals surface area contributed by atoms with Crippen LogP contribution in [0.5, 0.6) is 5.75 Å². The van der Waals surface area contributed by atoms with Gasteiger partial charge in [-0.3, -0.25) is 9.69 Å². The SMILES string of the molecule is CNC(=O)[C@@H]1C[C@H](Oc2ccccc2)CN1C1CCN(S(=O)(=O)c2cn(C)cn2)CC1. The molecule has 10 heteroatoms. The molecule has 3 heterocycles. The third kappa shape index (κ3) is 4.60. The molecule has 0 aliphatic carbocycles. The summed E-state index contributed by atoms with van der Waals surface area (Å²) in [6.45, 7) is 1.46. The molecule has 0 saturated carbocycles. The summed E-state index contributed by atoms with van der Waals surface area (Å²) in [7, 11) is -0.200. The van der Waals surface area contributed by atoms with E-state index in [1.54, 1.807) is 18.7 Å². The summed E-state index contributed by atoms with van der Waals surface area (Å²) in [5, 5.41) is 2.84. The van der Waals surface area contributed by atoms with Gasteiger partial charge in [0.05, 0.1) is 12.4 Å². The molecule has 1 aromatic heterocycles. The first-order chi connectivity index (χ1) is 14.9. The third-order valence-corrected chi connectivity index (χ3v) is 7.86. The Balaban J connectivity index is 1.42. The molecule has 2 aliphatic rings. The number of likely N-dealkylation sites (tertiary alicyclic amines) is 1. The number of hydrogen-bond acceptors (Lipinski definition) is 6. The highest BCUT2D eigenvalue weighted by atomic mass is 32.2. The van der Waals surface area contributed by atoms with Crippen molar-refractivity contribution in [3.63, 3.8) is 0 Å². The standard InChI is InChI=1S/C21H29N5O4S/c1-22-21(27)19-12-18(30-17-6-4-3-5-7-17)13-26(19)16-8-10-25(11-9-16)31(28,29)20-14-24(2)15-23-20/h3-7,14-16,18-19H,8-13H2,1-2H3,(H,22,27)/t18-,19-/m0/s1. The van der Waals surface area contributed by atoms with Gasteiger partial charge in [-0.15, -0.1) is 0 Å². The number of benzene rings is 1. The molecule has 0 radical (unpaired) electrons. The van der Waals surface area contributed by atoms with Gasteiger partial charge in [-0.25, -0.2) is 13.4 Å². The number of likely N-dealkylation sites (N-methyl/N-ethyl adjacent to an activating group) is 1. The molecule has 2 atom stereocenters. The molecule has 2 fully saturated rings. The zero-order valence-electron chi connectivity index (χ0n) is 17.8. The molecule has 0 spiro atoms. The van der Waals surface area contributed by atoms with Crippen molar-refractivity contribution in [2.75, 3.05) is 26.7 Å². The van der Waals surface area contributed by atoms with E-state index in [0.717, 1.165) is 5.75 Å². The fourth-order valence-corrected chi connectivity index (χ4v) is 5.93. The van der Waals surface area contributed by atoms with Gasteiger partial charge < -0.3 is 14.6 Å². The van der Waals surface area contributed by atoms with Crippen LogP contribution in [0.4, 0.5) is 0 Å². The van der Waals surface area contributed by atoms with Crippen molar-refractivity contribution < 1.29 is 17.9 Å². The quantitative estimate of drug-likeness (QED) is 0.705. The lowest BCUT2D eigenvalue weighted by Crippen LogP contribution is -2.51. The Morgan fingerprint density at radius 1 is 1.19 bits per heavy atom. The zero-order valence-corrected chi connectivity index (χ0v) is 18.7. The van der Waals surface area contributed by atoms with E-state index in [4.69, 9.17) is 4.74 Å². The van der Waals surface area contributed by atoms with Crippen LogP contribution in [0.15, 0.2) is 47.9 Å². The second kappa shape index (κ2) is 8.97. The van der Waals surface area contributed by atoms with Gasteiger partial charge in [-0.2, -0.15) is 4.31 Å². The number of nitrogens with one attached hydrogen (secondary N) is 1. The van der Waals surface area contributed by atoms with Gasteiger partial charge >= 0.3 is 0 Å². The average molecular weight is 448 g/mol. The molecule has 0 bridgehead atoms. The highest BCUT2D eigenvalue weighted by Crippen LogP contribution is 2.30. The summed E-state index contributed by atoms with van der Waals surface area (Å²) in [6, 6.07) is 9.47. The van der Waals surface area contributed by atoms with Crippen molar-refractivity contribution in [1.29, 1.82) is 0 Å². The predicted octanol–water partition coefficient (Wildman–Crippen LogP) is 0.841. The van der Waals surface area contributed by atoms with E-state index in [9.17, 15) is 13.2 Å². The molecule has 0 unspecified atom stereocenters. The smallest absolute Gasteiger partial charge is 0.262 e. The van der Waals surface area contributed by atoms with Crippen LogP contribution >= 0.6 is 0 Å². The summed E-state index contributed by atoms with van der Waals surface area (Å²) in [5.41, 5.74) is 0. The molecule has 2 aromatic rings. The van der Waals surface area contributed by atoms with Crippen molar-refractivity contribution in [3.8, 4) is 5.75 Å². The highest BCUT2D eigenvalue weighted by molar-refractivity contribution is 7.89. The second-order valence-electron chi connectivity index (χ2n) is 8.13. The van der Waals surface area contributed by atoms with Crippen LogP contribution < -0.4 is 10.1 Å². The largest absolute Gasteiger partial charge is 0.489 e. The Kier molecular flexibility index (Phi) is 6.31. The van der Waals surface area contributed by atoms with E-state index < -0.39 is 10.0 Å². The van der Waals surface area contributed by atoms with Crippen LogP contribution in [0.3, 0.4) is 0 Å². The van der Waals surface area contributed by atoms with Gasteiger partial charge in [0, 0.05) is 52.4 Å². The molecule has 9 nitrogen and oxygen atoms in total. The van der Waals surface area contributed by atoms with Gasteiger partial charge in [0.2, 0.25) is 5.91 Å². The molecular weight excluding hydrogens is 418 g/mol. The van der Waals surface area contributed by atoms with Crippen LogP contribution in [0, 0.1) is 0 Å². The Morgan fingerprint density at radius 2 is 1.90 bits per heavy atom. The van der Waals surface area contributed by atoms with E-state index in [0.29, 0.717) is 38.9 Å². The summed E-state index contributed by atoms with van der Waals surface area (Å²) in [5.74, 6) is 0.768. The lowest BCUT2D eigenvalue weighted by atomic mass is 10.0. The number of amides is 1. The number of carbonyl (C=O) groups excluding carboxylic acids is 1. The lowest BCUT2D eigenvalue weighted by Gasteiger charge is -2.38. The minimum Gasteiger partial charge on any atom is -0.489 e. The minimum absolute atomic E-state index is 0.0253. The average Bonchev–Trinajstić information content (AvgIpc) is 3.41. The Labute approximate surface area is 183 Å². The number of imidazole rings is 1. The topological polar surface area (TPSA) is 96.8 Å². The first-order valence-corrected chi connectivity index (χ1v) is 12.0. The molecule has 2 aliphatic heterocycles. The molecule has 2 saturated heterocycles. The van der Waals surface area contributed by atoms with E-state index >= 15 is 0 Å². The fraction of sp³-hybridized carbons (Fsp3) is 0.524. The number of aromatic nitrogens is 2. The monoisotopic (exact) mass is 447 g/mol. The molecule has 4 rings (SSSR count). The van der Waals surface area contributed by atoms with Gasteiger partial charge in [-0.05, 0) is 25.0 Å². The summed E-state index contributed by atoms with van der Waals surface area (Å²) < 4.78 is 35.0. The number of para-hydroxylation sites is 1. The van der Waals surface area contributed by atoms with Gasteiger partial charge in [0.15, 0.2) is 5.03 Å². The maximum atomic E-state index is 12.9. The van der Waals surface area contributed by atoms with E-state index in [1.807, 2.05) is 30.3 Å². The molecular formula is C21H29N5O4S. The van der Waals surface area contributed by atoms with Crippen LogP contribution in [0.25, 0.3) is 0 Å². The first kappa shape index (κ1) is 21.8. The first-order valence-electron chi connectivity index (χ1n) is 10.6. The second-order valence-corrected chi connectivity index (χ2v) is 10.0. The van der Waals surface area contributed by atoms with Crippen molar-refractivity contribution in [1.82, 2.24) is 24.1 Å². The maximum Gasteiger partial charge on any atom is 0.262 e. The number of hydrogen-bond donors (Lipinski definition) is 1. The minimum atomic E-state index is -3.60. The summed E-state index contributed by atoms with van der Waals surface area (Å²) in [6.07, 6.45) is 4.87. The molecule has 168 valence electrons. The van der Waals surface area contributed by atoms with Crippen LogP contribution in [-0.2, 0) is 21.9 Å². The fourth-order valence-electron chi connectivity index (χ4n) is 4.49. The van der Waals surface area contributed by atoms with E-state index in [1.165, 1.54) is 16.8 Å². The highest BCUT2D eigenvalue weighted by Gasteiger charge is 2.43. The Morgan fingerprint density at radius 3 is 2.52 bits per heavy atom. The molecule has 31 heavy (non-hydrogen) atoms. The number of piperidine rings is 1. The maximum absolute atomic E-state index is 12.9. The number of aryl methyl sites for hydroxylation is 1. The van der Waals surface area contributed by atoms with Crippen molar-refractivity contribution in [2.24, 2.45) is 7.05 Å². The van der Waals surface area contributed by atoms with Crippen LogP contribution in [0.2, 0.25) is 0 Å². The molecule has 1 amide bonds. The normalized spacial score (nSPS) is 23.7. The van der Waals surface area contributed by atoms with Crippen LogP contribution in [-0.4, -0.2) is 78.0 Å². The third-order valence-electron chi connectivity index (χ3n) is 6.07. The van der Waals surface area contributed by atoms with Gasteiger partial charge in [0.25, 0.3) is 10.0 Å².